The van der Waals surface area contributed by atoms with Gasteiger partial charge in [-0.05, 0) is 42.3 Å². The van der Waals surface area contributed by atoms with Gasteiger partial charge in [0.15, 0.2) is 0 Å². The average Bonchev–Trinajstić information content (AvgIpc) is 2.73. The number of nitrogens with zero attached hydrogens (tertiary/aromatic N) is 1. The average molecular weight is 429 g/mol. The summed E-state index contributed by atoms with van der Waals surface area (Å²) in [5.41, 5.74) is 1.57. The van der Waals surface area contributed by atoms with Crippen LogP contribution in [0.1, 0.15) is 22.8 Å². The van der Waals surface area contributed by atoms with Gasteiger partial charge < -0.3 is 5.11 Å². The van der Waals surface area contributed by atoms with E-state index in [4.69, 9.17) is 0 Å². The number of carboxylic acids is 1. The Bertz CT molecular complexity index is 1180. The Balaban J connectivity index is 2.13. The molecule has 0 spiro atoms. The third-order valence-corrected chi connectivity index (χ3v) is 6.15. The number of pyridine rings is 1. The second-order valence-corrected chi connectivity index (χ2v) is 8.38. The van der Waals surface area contributed by atoms with Crippen molar-refractivity contribution in [3.63, 3.8) is 0 Å². The highest BCUT2D eigenvalue weighted by atomic mass is 32.2. The van der Waals surface area contributed by atoms with E-state index in [0.717, 1.165) is 6.07 Å². The van der Waals surface area contributed by atoms with Crippen LogP contribution in [0.4, 0.5) is 5.69 Å². The van der Waals surface area contributed by atoms with Crippen molar-refractivity contribution in [2.45, 2.75) is 23.1 Å². The molecule has 9 heteroatoms. The quantitative estimate of drug-likeness (QED) is 0.555. The molecule has 0 fully saturated rings. The van der Waals surface area contributed by atoms with Crippen molar-refractivity contribution in [1.29, 1.82) is 0 Å². The molecule has 0 saturated carbocycles. The predicted molar refractivity (Wildman–Crippen MR) is 110 cm³/mol. The maximum Gasteiger partial charge on any atom is 0.505 e. The maximum absolute atomic E-state index is 13.1. The van der Waals surface area contributed by atoms with Crippen molar-refractivity contribution < 1.29 is 22.5 Å². The summed E-state index contributed by atoms with van der Waals surface area (Å²) in [4.78, 5) is 15.8. The van der Waals surface area contributed by atoms with Gasteiger partial charge in [0.1, 0.15) is 0 Å². The van der Waals surface area contributed by atoms with Crippen LogP contribution in [0, 0.1) is 0 Å². The van der Waals surface area contributed by atoms with Gasteiger partial charge in [0.05, 0.1) is 21.8 Å². The van der Waals surface area contributed by atoms with Gasteiger partial charge in [0.25, 0.3) is 14.9 Å². The van der Waals surface area contributed by atoms with Crippen molar-refractivity contribution in [2.75, 3.05) is 4.72 Å². The zero-order valence-corrected chi connectivity index (χ0v) is 17.0. The number of carbonyl (C=O) groups is 1. The van der Waals surface area contributed by atoms with Crippen molar-refractivity contribution in [3.05, 3.63) is 71.9 Å². The first kappa shape index (κ1) is 20.6. The molecule has 2 N–H and O–H groups in total. The molecule has 3 rings (SSSR count). The Morgan fingerprint density at radius 1 is 1.14 bits per heavy atom. The minimum atomic E-state index is -4.12. The molecule has 0 radical (unpaired) electrons. The lowest BCUT2D eigenvalue weighted by Gasteiger charge is -2.14. The fourth-order valence-electron chi connectivity index (χ4n) is 2.83. The van der Waals surface area contributed by atoms with Crippen LogP contribution in [0.15, 0.2) is 70.6 Å². The number of sulfonamides is 1. The molecule has 0 atom stereocenters. The Morgan fingerprint density at radius 2 is 1.93 bits per heavy atom. The smallest absolute Gasteiger partial charge is 0.478 e. The molecular formula is C20H17N2O5S2+. The molecule has 0 unspecified atom stereocenters. The summed E-state index contributed by atoms with van der Waals surface area (Å²) < 4.78 is 40.0. The monoisotopic (exact) mass is 429 g/mol. The van der Waals surface area contributed by atoms with Crippen LogP contribution in [0.2, 0.25) is 0 Å². The van der Waals surface area contributed by atoms with Crippen molar-refractivity contribution in [2.24, 2.45) is 0 Å². The van der Waals surface area contributed by atoms with Crippen molar-refractivity contribution >= 4 is 33.3 Å². The van der Waals surface area contributed by atoms with E-state index in [-0.39, 0.29) is 27.8 Å². The standard InChI is InChI=1S/C20H16N2O5S2/c1-2-13-6-7-14(20(23)24)11-19(13)29(26,27)22-18-12-15(28-25)8-9-16(18)17-5-3-4-10-21-17/h3-12H,2H2,1H3,(H-,21,22,23,24)/p+1. The summed E-state index contributed by atoms with van der Waals surface area (Å²) >= 11 is 0.240. The summed E-state index contributed by atoms with van der Waals surface area (Å²) in [7, 11) is -4.12. The molecule has 0 aliphatic heterocycles. The molecule has 0 amide bonds. The Morgan fingerprint density at radius 3 is 2.55 bits per heavy atom. The van der Waals surface area contributed by atoms with Crippen molar-refractivity contribution in [1.82, 2.24) is 4.98 Å². The molecule has 1 heterocycles. The number of aromatic carboxylic acids is 1. The zero-order chi connectivity index (χ0) is 21.0. The number of hydrogen-bond acceptors (Lipinski definition) is 5. The molecule has 29 heavy (non-hydrogen) atoms. The van der Waals surface area contributed by atoms with E-state index in [1.807, 2.05) is 0 Å². The van der Waals surface area contributed by atoms with E-state index in [9.17, 15) is 22.5 Å². The third-order valence-electron chi connectivity index (χ3n) is 4.26. The first-order valence-electron chi connectivity index (χ1n) is 8.60. The molecule has 0 bridgehead atoms. The van der Waals surface area contributed by atoms with E-state index >= 15 is 0 Å². The number of nitrogens with one attached hydrogen (secondary N) is 1. The molecule has 3 aromatic rings. The fraction of sp³-hybridized carbons (Fsp3) is 0.100. The Labute approximate surface area is 172 Å². The summed E-state index contributed by atoms with van der Waals surface area (Å²) in [5.74, 6) is -1.22. The number of anilines is 1. The number of carboxylic acid groups (broad SMARTS) is 1. The lowest BCUT2D eigenvalue weighted by molar-refractivity contribution is 0.0696. The van der Waals surface area contributed by atoms with Crippen LogP contribution < -0.4 is 4.72 Å². The van der Waals surface area contributed by atoms with Crippen molar-refractivity contribution in [3.8, 4) is 11.3 Å². The zero-order valence-electron chi connectivity index (χ0n) is 15.3. The van der Waals surface area contributed by atoms with Gasteiger partial charge in [-0.3, -0.25) is 9.71 Å². The normalized spacial score (nSPS) is 11.1. The molecular weight excluding hydrogens is 412 g/mol. The predicted octanol–water partition coefficient (Wildman–Crippen LogP) is 3.60. The van der Waals surface area contributed by atoms with E-state index in [1.54, 1.807) is 43.5 Å². The van der Waals surface area contributed by atoms with E-state index in [2.05, 4.69) is 9.71 Å². The minimum Gasteiger partial charge on any atom is -0.478 e. The second-order valence-electron chi connectivity index (χ2n) is 6.09. The number of aromatic nitrogens is 1. The highest BCUT2D eigenvalue weighted by molar-refractivity contribution is 7.92. The number of rotatable bonds is 7. The van der Waals surface area contributed by atoms with Crippen LogP contribution in [0.5, 0.6) is 0 Å². The summed E-state index contributed by atoms with van der Waals surface area (Å²) in [6, 6.07) is 13.9. The van der Waals surface area contributed by atoms with Crippen LogP contribution in [-0.4, -0.2) is 24.5 Å². The Kier molecular flexibility index (Phi) is 6.00. The first-order chi connectivity index (χ1) is 13.9. The molecule has 1 aromatic heterocycles. The largest absolute Gasteiger partial charge is 0.505 e. The second kappa shape index (κ2) is 8.46. The minimum absolute atomic E-state index is 0.118. The summed E-state index contributed by atoms with van der Waals surface area (Å²) in [5, 5.41) is 9.23. The maximum atomic E-state index is 13.1. The Hall–Kier alpha value is -3.17. The van der Waals surface area contributed by atoms with Crippen LogP contribution in [0.3, 0.4) is 0 Å². The third kappa shape index (κ3) is 4.47. The van der Waals surface area contributed by atoms with Gasteiger partial charge in [-0.2, -0.15) is 0 Å². The van der Waals surface area contributed by atoms with E-state index < -0.39 is 16.0 Å². The van der Waals surface area contributed by atoms with Crippen LogP contribution >= 0.6 is 0 Å². The highest BCUT2D eigenvalue weighted by Crippen LogP contribution is 2.31. The molecule has 0 saturated heterocycles. The molecule has 148 valence electrons. The number of hydrogen-bond donors (Lipinski definition) is 2. The first-order valence-corrected chi connectivity index (χ1v) is 10.8. The highest BCUT2D eigenvalue weighted by Gasteiger charge is 2.23. The summed E-state index contributed by atoms with van der Waals surface area (Å²) in [6.07, 6.45) is 1.98. The van der Waals surface area contributed by atoms with Gasteiger partial charge in [0.2, 0.25) is 0 Å². The van der Waals surface area contributed by atoms with Crippen LogP contribution in [-0.2, 0) is 32.3 Å². The van der Waals surface area contributed by atoms with Gasteiger partial charge in [0, 0.05) is 28.1 Å². The molecule has 0 aliphatic carbocycles. The molecule has 2 aromatic carbocycles. The van der Waals surface area contributed by atoms with Gasteiger partial charge in [-0.15, -0.1) is 0 Å². The lowest BCUT2D eigenvalue weighted by Crippen LogP contribution is -2.16. The van der Waals surface area contributed by atoms with E-state index in [0.29, 0.717) is 28.1 Å². The van der Waals surface area contributed by atoms with Gasteiger partial charge in [-0.1, -0.05) is 19.1 Å². The van der Waals surface area contributed by atoms with Crippen LogP contribution in [0.25, 0.3) is 11.3 Å². The van der Waals surface area contributed by atoms with Gasteiger partial charge in [-0.25, -0.2) is 13.2 Å². The van der Waals surface area contributed by atoms with Gasteiger partial charge >= 0.3 is 17.6 Å². The SMILES string of the molecule is CCc1ccc(C(=O)O)cc1S(=O)(=O)Nc1cc([S+]=O)ccc1-c1ccccn1. The summed E-state index contributed by atoms with van der Waals surface area (Å²) in [6.45, 7) is 1.78. The number of aryl methyl sites for hydroxylation is 1. The lowest BCUT2D eigenvalue weighted by atomic mass is 10.1. The number of benzene rings is 2. The molecule has 7 nitrogen and oxygen atoms in total. The fourth-order valence-corrected chi connectivity index (χ4v) is 4.53. The topological polar surface area (TPSA) is 113 Å². The molecule has 0 aliphatic rings. The van der Waals surface area contributed by atoms with E-state index in [1.165, 1.54) is 18.2 Å².